The van der Waals surface area contributed by atoms with Gasteiger partial charge in [0.2, 0.25) is 0 Å². The van der Waals surface area contributed by atoms with Crippen LogP contribution in [-0.4, -0.2) is 24.7 Å². The van der Waals surface area contributed by atoms with Crippen molar-refractivity contribution in [3.05, 3.63) is 24.3 Å². The first-order valence-corrected chi connectivity index (χ1v) is 7.40. The zero-order valence-corrected chi connectivity index (χ0v) is 13.9. The SMILES string of the molecule is CO[C@@](C)(CC(C)C)C(=O)Nc1ccc(OC(C)C)cc1. The Bertz CT molecular complexity index is 454. The second-order valence-corrected chi connectivity index (χ2v) is 6.18. The molecule has 0 aliphatic rings. The standard InChI is InChI=1S/C17H27NO3/c1-12(2)11-17(5,20-6)16(19)18-14-7-9-15(10-8-14)21-13(3)4/h7-10,12-13H,11H2,1-6H3,(H,18,19)/t17-/m0/s1. The molecular formula is C17H27NO3. The van der Waals surface area contributed by atoms with Crippen LogP contribution in [0.4, 0.5) is 5.69 Å². The van der Waals surface area contributed by atoms with Crippen LogP contribution in [-0.2, 0) is 9.53 Å². The number of ether oxygens (including phenoxy) is 2. The van der Waals surface area contributed by atoms with Gasteiger partial charge in [0, 0.05) is 12.8 Å². The number of nitrogens with one attached hydrogen (secondary N) is 1. The van der Waals surface area contributed by atoms with E-state index in [9.17, 15) is 4.79 Å². The number of methoxy groups -OCH3 is 1. The van der Waals surface area contributed by atoms with E-state index in [4.69, 9.17) is 9.47 Å². The van der Waals surface area contributed by atoms with Crippen LogP contribution in [0, 0.1) is 5.92 Å². The van der Waals surface area contributed by atoms with E-state index >= 15 is 0 Å². The topological polar surface area (TPSA) is 47.6 Å². The molecule has 1 atom stereocenters. The fourth-order valence-electron chi connectivity index (χ4n) is 2.20. The highest BCUT2D eigenvalue weighted by Gasteiger charge is 2.33. The normalized spacial score (nSPS) is 14.1. The lowest BCUT2D eigenvalue weighted by molar-refractivity contribution is -0.137. The second-order valence-electron chi connectivity index (χ2n) is 6.18. The molecule has 1 amide bonds. The van der Waals surface area contributed by atoms with Crippen LogP contribution >= 0.6 is 0 Å². The molecule has 4 nitrogen and oxygen atoms in total. The summed E-state index contributed by atoms with van der Waals surface area (Å²) in [5, 5.41) is 2.90. The zero-order valence-electron chi connectivity index (χ0n) is 13.9. The molecule has 1 aromatic carbocycles. The molecule has 0 aromatic heterocycles. The maximum absolute atomic E-state index is 12.4. The summed E-state index contributed by atoms with van der Waals surface area (Å²) in [6.45, 7) is 9.92. The maximum Gasteiger partial charge on any atom is 0.256 e. The van der Waals surface area contributed by atoms with E-state index in [1.54, 1.807) is 7.11 Å². The van der Waals surface area contributed by atoms with Gasteiger partial charge in [0.25, 0.3) is 5.91 Å². The molecule has 0 spiro atoms. The van der Waals surface area contributed by atoms with Gasteiger partial charge in [-0.05, 0) is 57.4 Å². The molecule has 4 heteroatoms. The predicted octanol–water partition coefficient (Wildman–Crippen LogP) is 3.86. The molecule has 1 rings (SSSR count). The van der Waals surface area contributed by atoms with E-state index < -0.39 is 5.60 Å². The molecule has 0 unspecified atom stereocenters. The Morgan fingerprint density at radius 3 is 2.19 bits per heavy atom. The average molecular weight is 293 g/mol. The van der Waals surface area contributed by atoms with E-state index in [1.807, 2.05) is 45.0 Å². The molecule has 0 radical (unpaired) electrons. The minimum atomic E-state index is -0.818. The number of rotatable bonds is 7. The van der Waals surface area contributed by atoms with Crippen molar-refractivity contribution in [2.45, 2.75) is 52.7 Å². The van der Waals surface area contributed by atoms with E-state index in [2.05, 4.69) is 19.2 Å². The molecule has 0 saturated carbocycles. The van der Waals surface area contributed by atoms with Gasteiger partial charge in [0.05, 0.1) is 6.10 Å². The third-order valence-corrected chi connectivity index (χ3v) is 3.21. The van der Waals surface area contributed by atoms with Crippen molar-refractivity contribution in [1.82, 2.24) is 0 Å². The van der Waals surface area contributed by atoms with Crippen molar-refractivity contribution in [3.63, 3.8) is 0 Å². The van der Waals surface area contributed by atoms with Crippen molar-refractivity contribution in [2.24, 2.45) is 5.92 Å². The van der Waals surface area contributed by atoms with Gasteiger partial charge < -0.3 is 14.8 Å². The largest absolute Gasteiger partial charge is 0.491 e. The Morgan fingerprint density at radius 1 is 1.19 bits per heavy atom. The molecule has 0 heterocycles. The molecule has 1 aromatic rings. The second kappa shape index (κ2) is 7.46. The smallest absolute Gasteiger partial charge is 0.256 e. The van der Waals surface area contributed by atoms with Crippen molar-refractivity contribution in [2.75, 3.05) is 12.4 Å². The molecule has 118 valence electrons. The highest BCUT2D eigenvalue weighted by atomic mass is 16.5. The van der Waals surface area contributed by atoms with E-state index in [0.29, 0.717) is 12.3 Å². The van der Waals surface area contributed by atoms with E-state index in [1.165, 1.54) is 0 Å². The van der Waals surface area contributed by atoms with Crippen LogP contribution in [0.5, 0.6) is 5.75 Å². The Hall–Kier alpha value is -1.55. The first-order valence-electron chi connectivity index (χ1n) is 7.40. The lowest BCUT2D eigenvalue weighted by Crippen LogP contribution is -2.43. The van der Waals surface area contributed by atoms with Crippen molar-refractivity contribution >= 4 is 11.6 Å². The van der Waals surface area contributed by atoms with Crippen LogP contribution in [0.1, 0.15) is 41.0 Å². The fourth-order valence-corrected chi connectivity index (χ4v) is 2.20. The van der Waals surface area contributed by atoms with Crippen LogP contribution in [0.3, 0.4) is 0 Å². The molecule has 0 fully saturated rings. The van der Waals surface area contributed by atoms with Crippen LogP contribution < -0.4 is 10.1 Å². The molecule has 21 heavy (non-hydrogen) atoms. The highest BCUT2D eigenvalue weighted by Crippen LogP contribution is 2.23. The third-order valence-electron chi connectivity index (χ3n) is 3.21. The highest BCUT2D eigenvalue weighted by molar-refractivity contribution is 5.97. The number of benzene rings is 1. The molecule has 0 aliphatic carbocycles. The number of hydrogen-bond donors (Lipinski definition) is 1. The summed E-state index contributed by atoms with van der Waals surface area (Å²) >= 11 is 0. The summed E-state index contributed by atoms with van der Waals surface area (Å²) < 4.78 is 11.0. The average Bonchev–Trinajstić information content (AvgIpc) is 2.39. The Labute approximate surface area is 127 Å². The summed E-state index contributed by atoms with van der Waals surface area (Å²) in [4.78, 5) is 12.4. The summed E-state index contributed by atoms with van der Waals surface area (Å²) in [5.41, 5.74) is -0.0792. The van der Waals surface area contributed by atoms with Crippen LogP contribution in [0.25, 0.3) is 0 Å². The van der Waals surface area contributed by atoms with Crippen LogP contribution in [0.2, 0.25) is 0 Å². The summed E-state index contributed by atoms with van der Waals surface area (Å²) in [6, 6.07) is 7.37. The van der Waals surface area contributed by atoms with Gasteiger partial charge in [-0.15, -0.1) is 0 Å². The first-order chi connectivity index (χ1) is 9.76. The molecular weight excluding hydrogens is 266 g/mol. The van der Waals surface area contributed by atoms with Crippen molar-refractivity contribution in [3.8, 4) is 5.75 Å². The lowest BCUT2D eigenvalue weighted by atomic mass is 9.93. The van der Waals surface area contributed by atoms with Crippen molar-refractivity contribution in [1.29, 1.82) is 0 Å². The monoisotopic (exact) mass is 293 g/mol. The number of carbonyl (C=O) groups is 1. The van der Waals surface area contributed by atoms with Gasteiger partial charge in [-0.2, -0.15) is 0 Å². The molecule has 1 N–H and O–H groups in total. The van der Waals surface area contributed by atoms with Crippen LogP contribution in [0.15, 0.2) is 24.3 Å². The number of amides is 1. The van der Waals surface area contributed by atoms with E-state index in [0.717, 1.165) is 11.4 Å². The summed E-state index contributed by atoms with van der Waals surface area (Å²) in [6.07, 6.45) is 0.803. The molecule has 0 aliphatic heterocycles. The quantitative estimate of drug-likeness (QED) is 0.830. The van der Waals surface area contributed by atoms with Gasteiger partial charge in [-0.3, -0.25) is 4.79 Å². The van der Waals surface area contributed by atoms with Gasteiger partial charge in [0.15, 0.2) is 0 Å². The molecule has 0 bridgehead atoms. The summed E-state index contributed by atoms with van der Waals surface area (Å²) in [5.74, 6) is 1.04. The molecule has 0 saturated heterocycles. The van der Waals surface area contributed by atoms with Gasteiger partial charge in [-0.25, -0.2) is 0 Å². The Kier molecular flexibility index (Phi) is 6.21. The first kappa shape index (κ1) is 17.5. The van der Waals surface area contributed by atoms with Gasteiger partial charge in [-0.1, -0.05) is 13.8 Å². The number of carbonyl (C=O) groups excluding carboxylic acids is 1. The van der Waals surface area contributed by atoms with Crippen molar-refractivity contribution < 1.29 is 14.3 Å². The Balaban J connectivity index is 2.73. The van der Waals surface area contributed by atoms with Gasteiger partial charge >= 0.3 is 0 Å². The van der Waals surface area contributed by atoms with Gasteiger partial charge in [0.1, 0.15) is 11.4 Å². The predicted molar refractivity (Wildman–Crippen MR) is 85.7 cm³/mol. The maximum atomic E-state index is 12.4. The lowest BCUT2D eigenvalue weighted by Gasteiger charge is -2.28. The Morgan fingerprint density at radius 2 is 1.76 bits per heavy atom. The fraction of sp³-hybridized carbons (Fsp3) is 0.588. The third kappa shape index (κ3) is 5.38. The number of hydrogen-bond acceptors (Lipinski definition) is 3. The summed E-state index contributed by atoms with van der Waals surface area (Å²) in [7, 11) is 1.57. The van der Waals surface area contributed by atoms with E-state index in [-0.39, 0.29) is 12.0 Å². The minimum absolute atomic E-state index is 0.128. The number of anilines is 1. The minimum Gasteiger partial charge on any atom is -0.491 e. The zero-order chi connectivity index (χ0) is 16.0.